The van der Waals surface area contributed by atoms with Crippen LogP contribution < -0.4 is 4.74 Å². The Labute approximate surface area is 197 Å². The van der Waals surface area contributed by atoms with Gasteiger partial charge in [-0.05, 0) is 50.7 Å². The Hall–Kier alpha value is -1.45. The molecule has 1 aromatic carbocycles. The summed E-state index contributed by atoms with van der Waals surface area (Å²) in [5.41, 5.74) is 2.15. The highest BCUT2D eigenvalue weighted by Crippen LogP contribution is 2.56. The minimum Gasteiger partial charge on any atom is -0.496 e. The Morgan fingerprint density at radius 1 is 1.28 bits per heavy atom. The fourth-order valence-electron chi connectivity index (χ4n) is 3.30. The number of ether oxygens (including phenoxy) is 3. The Kier molecular flexibility index (Phi) is 10.6. The Morgan fingerprint density at radius 3 is 2.69 bits per heavy atom. The molecule has 4 nitrogen and oxygen atoms in total. The lowest BCUT2D eigenvalue weighted by atomic mass is 9.99. The smallest absolute Gasteiger partial charge is 0.157 e. The highest BCUT2D eigenvalue weighted by Gasteiger charge is 2.32. The Balaban J connectivity index is 2.16. The SMILES string of the molecule is C=CCc1c(OC)cccc1[C@H](C#CCCCOC1CCCCO1)OS(C)(C)C(C)(C)C. The first-order valence-electron chi connectivity index (χ1n) is 11.6. The summed E-state index contributed by atoms with van der Waals surface area (Å²) in [4.78, 5) is 0. The van der Waals surface area contributed by atoms with Crippen molar-refractivity contribution in [1.29, 1.82) is 0 Å². The predicted octanol–water partition coefficient (Wildman–Crippen LogP) is 6.59. The molecule has 1 aromatic rings. The summed E-state index contributed by atoms with van der Waals surface area (Å²) in [7, 11) is 0.333. The first-order chi connectivity index (χ1) is 15.2. The van der Waals surface area contributed by atoms with Crippen LogP contribution in [0.2, 0.25) is 0 Å². The van der Waals surface area contributed by atoms with Gasteiger partial charge in [-0.2, -0.15) is 0 Å². The largest absolute Gasteiger partial charge is 0.496 e. The van der Waals surface area contributed by atoms with Gasteiger partial charge in [0.15, 0.2) is 12.4 Å². The fourth-order valence-corrected chi connectivity index (χ4v) is 4.23. The van der Waals surface area contributed by atoms with Gasteiger partial charge in [-0.1, -0.05) is 44.9 Å². The number of unbranched alkanes of at least 4 members (excludes halogenated alkanes) is 1. The zero-order valence-corrected chi connectivity index (χ0v) is 21.7. The lowest BCUT2D eigenvalue weighted by Crippen LogP contribution is -2.26. The molecule has 0 bridgehead atoms. The maximum Gasteiger partial charge on any atom is 0.157 e. The monoisotopic (exact) mass is 462 g/mol. The zero-order valence-electron chi connectivity index (χ0n) is 20.9. The zero-order chi connectivity index (χ0) is 23.6. The maximum atomic E-state index is 6.75. The van der Waals surface area contributed by atoms with E-state index in [-0.39, 0.29) is 17.1 Å². The average molecular weight is 463 g/mol. The lowest BCUT2D eigenvalue weighted by Gasteiger charge is -2.45. The number of hydrogen-bond donors (Lipinski definition) is 0. The van der Waals surface area contributed by atoms with Crippen LogP contribution in [0.5, 0.6) is 5.75 Å². The minimum absolute atomic E-state index is 0.0396. The summed E-state index contributed by atoms with van der Waals surface area (Å²) in [6.45, 7) is 12.1. The standard InChI is InChI=1S/C27H42O4S/c1-8-15-22-23(16-14-18-24(22)28-5)25(31-32(6,7)27(2,3)4)17-10-9-12-20-29-26-19-11-13-21-30-26/h8,14,16,18,25-26H,1,9,11-13,15,19-21H2,2-7H3/t25-,26?/m0/s1. The summed E-state index contributed by atoms with van der Waals surface area (Å²) in [5, 5.41) is 0. The third-order valence-electron chi connectivity index (χ3n) is 5.95. The normalized spacial score (nSPS) is 18.4. The second kappa shape index (κ2) is 12.7. The second-order valence-electron chi connectivity index (χ2n) is 9.43. The first-order valence-corrected chi connectivity index (χ1v) is 14.0. The van der Waals surface area contributed by atoms with Gasteiger partial charge in [0.05, 0.1) is 13.7 Å². The van der Waals surface area contributed by atoms with Crippen LogP contribution in [0.25, 0.3) is 0 Å². The third-order valence-corrected chi connectivity index (χ3v) is 9.58. The van der Waals surface area contributed by atoms with E-state index >= 15 is 0 Å². The third kappa shape index (κ3) is 7.85. The van der Waals surface area contributed by atoms with Crippen molar-refractivity contribution in [3.63, 3.8) is 0 Å². The van der Waals surface area contributed by atoms with Crippen LogP contribution in [0.1, 0.15) is 70.1 Å². The summed E-state index contributed by atoms with van der Waals surface area (Å²) in [5.74, 6) is 7.63. The summed E-state index contributed by atoms with van der Waals surface area (Å²) < 4.78 is 23.9. The molecule has 1 aliphatic rings. The first kappa shape index (κ1) is 26.8. The molecule has 1 aliphatic heterocycles. The van der Waals surface area contributed by atoms with Crippen molar-refractivity contribution < 1.29 is 18.4 Å². The summed E-state index contributed by atoms with van der Waals surface area (Å²) in [6, 6.07) is 6.10. The maximum absolute atomic E-state index is 6.75. The number of allylic oxidation sites excluding steroid dienone is 1. The van der Waals surface area contributed by atoms with Crippen LogP contribution in [-0.4, -0.2) is 43.9 Å². The lowest BCUT2D eigenvalue weighted by molar-refractivity contribution is -0.162. The topological polar surface area (TPSA) is 36.9 Å². The van der Waals surface area contributed by atoms with Crippen molar-refractivity contribution in [2.75, 3.05) is 32.8 Å². The van der Waals surface area contributed by atoms with E-state index < -0.39 is 10.3 Å². The molecule has 0 aliphatic carbocycles. The van der Waals surface area contributed by atoms with E-state index in [1.807, 2.05) is 18.2 Å². The number of rotatable bonds is 10. The van der Waals surface area contributed by atoms with Gasteiger partial charge in [-0.3, -0.25) is 0 Å². The molecule has 0 spiro atoms. The van der Waals surface area contributed by atoms with Crippen LogP contribution >= 0.6 is 10.3 Å². The van der Waals surface area contributed by atoms with Crippen LogP contribution in [0, 0.1) is 11.8 Å². The molecule has 180 valence electrons. The van der Waals surface area contributed by atoms with E-state index in [1.165, 1.54) is 6.42 Å². The van der Waals surface area contributed by atoms with Crippen molar-refractivity contribution in [2.24, 2.45) is 0 Å². The molecule has 32 heavy (non-hydrogen) atoms. The van der Waals surface area contributed by atoms with Gasteiger partial charge < -0.3 is 18.4 Å². The van der Waals surface area contributed by atoms with Gasteiger partial charge in [0.2, 0.25) is 0 Å². The molecule has 1 unspecified atom stereocenters. The number of hydrogen-bond acceptors (Lipinski definition) is 4. The quantitative estimate of drug-likeness (QED) is 0.223. The molecule has 2 rings (SSSR count). The van der Waals surface area contributed by atoms with Crippen molar-refractivity contribution in [3.05, 3.63) is 42.0 Å². The van der Waals surface area contributed by atoms with Crippen LogP contribution in [0.3, 0.4) is 0 Å². The van der Waals surface area contributed by atoms with Crippen LogP contribution in [0.15, 0.2) is 30.9 Å². The molecule has 1 saturated heterocycles. The average Bonchev–Trinajstić information content (AvgIpc) is 2.75. The summed E-state index contributed by atoms with van der Waals surface area (Å²) >= 11 is 0. The Bertz CT molecular complexity index is 779. The van der Waals surface area contributed by atoms with Crippen molar-refractivity contribution in [3.8, 4) is 17.6 Å². The predicted molar refractivity (Wildman–Crippen MR) is 136 cm³/mol. The second-order valence-corrected chi connectivity index (χ2v) is 13.3. The van der Waals surface area contributed by atoms with E-state index in [0.717, 1.165) is 49.2 Å². The van der Waals surface area contributed by atoms with E-state index in [4.69, 9.17) is 18.4 Å². The van der Waals surface area contributed by atoms with Gasteiger partial charge in [0, 0.05) is 28.9 Å². The number of benzene rings is 1. The van der Waals surface area contributed by atoms with Crippen LogP contribution in [-0.2, 0) is 20.1 Å². The van der Waals surface area contributed by atoms with Crippen molar-refractivity contribution >= 4 is 10.3 Å². The molecule has 1 heterocycles. The minimum atomic E-state index is -1.37. The summed E-state index contributed by atoms with van der Waals surface area (Å²) in [6.07, 6.45) is 11.6. The Morgan fingerprint density at radius 2 is 2.06 bits per heavy atom. The molecule has 0 aromatic heterocycles. The molecule has 0 radical (unpaired) electrons. The van der Waals surface area contributed by atoms with E-state index in [2.05, 4.69) is 57.8 Å². The molecular weight excluding hydrogens is 420 g/mol. The molecule has 1 fully saturated rings. The van der Waals surface area contributed by atoms with E-state index in [0.29, 0.717) is 13.0 Å². The molecule has 5 heteroatoms. The van der Waals surface area contributed by atoms with Crippen LogP contribution in [0.4, 0.5) is 0 Å². The fraction of sp³-hybridized carbons (Fsp3) is 0.630. The molecule has 2 atom stereocenters. The molecule has 0 amide bonds. The highest BCUT2D eigenvalue weighted by molar-refractivity contribution is 8.29. The van der Waals surface area contributed by atoms with E-state index in [9.17, 15) is 0 Å². The highest BCUT2D eigenvalue weighted by atomic mass is 32.3. The van der Waals surface area contributed by atoms with Gasteiger partial charge in [-0.15, -0.1) is 22.8 Å². The van der Waals surface area contributed by atoms with Gasteiger partial charge >= 0.3 is 0 Å². The van der Waals surface area contributed by atoms with Crippen molar-refractivity contribution in [1.82, 2.24) is 0 Å². The van der Waals surface area contributed by atoms with E-state index in [1.54, 1.807) is 7.11 Å². The molecule has 0 saturated carbocycles. The van der Waals surface area contributed by atoms with Gasteiger partial charge in [-0.25, -0.2) is 0 Å². The molecular formula is C27H42O4S. The molecule has 0 N–H and O–H groups in total. The van der Waals surface area contributed by atoms with Crippen molar-refractivity contribution in [2.45, 2.75) is 76.4 Å². The number of methoxy groups -OCH3 is 1. The van der Waals surface area contributed by atoms with Gasteiger partial charge in [0.1, 0.15) is 5.75 Å². The van der Waals surface area contributed by atoms with Gasteiger partial charge in [0.25, 0.3) is 0 Å².